The summed E-state index contributed by atoms with van der Waals surface area (Å²) in [5.41, 5.74) is 5.35. The molecule has 0 aromatic heterocycles. The Morgan fingerprint density at radius 1 is 0.600 bits per heavy atom. The highest BCUT2D eigenvalue weighted by Crippen LogP contribution is 2.43. The number of unbranched alkanes of at least 4 members (excludes halogenated alkanes) is 19. The predicted molar refractivity (Wildman–Crippen MR) is 226 cm³/mol. The molecular formula is C44H80NO9P. The molecular weight excluding hydrogens is 717 g/mol. The fourth-order valence-corrected chi connectivity index (χ4v) is 6.55. The van der Waals surface area contributed by atoms with Gasteiger partial charge in [-0.1, -0.05) is 172 Å². The number of phosphoric ester groups is 1. The van der Waals surface area contributed by atoms with Crippen LogP contribution < -0.4 is 5.73 Å². The van der Waals surface area contributed by atoms with E-state index in [1.807, 2.05) is 0 Å². The van der Waals surface area contributed by atoms with Gasteiger partial charge in [0.15, 0.2) is 0 Å². The molecule has 0 aromatic carbocycles. The van der Waals surface area contributed by atoms with Gasteiger partial charge in [-0.25, -0.2) is 4.57 Å². The number of carboxylic acids is 1. The largest absolute Gasteiger partial charge is 0.480 e. The van der Waals surface area contributed by atoms with Crippen molar-refractivity contribution in [3.63, 3.8) is 0 Å². The van der Waals surface area contributed by atoms with Crippen LogP contribution in [0.2, 0.25) is 0 Å². The monoisotopic (exact) mass is 798 g/mol. The standard InChI is InChI=1S/C44H80NO9P/c1-3-5-7-9-11-13-15-17-19-21-22-24-26-28-30-32-34-36-43(46)54-41(39-52-55(49,50)53-40-42(45)44(47)48)38-51-37-35-33-31-29-27-25-23-20-18-16-14-12-10-8-6-4-2/h5,7,11,13,17,19,22,24,41-42H,3-4,6,8-10,12,14-16,18,20-21,23,25-40,45H2,1-2H3,(H,47,48)(H,49,50)/b7-5-,13-11-,19-17-,24-22-. The number of hydrogen-bond acceptors (Lipinski definition) is 8. The number of nitrogens with two attached hydrogens (primary N) is 1. The number of rotatable bonds is 41. The Kier molecular flexibility index (Phi) is 38.6. The highest BCUT2D eigenvalue weighted by atomic mass is 31.2. The summed E-state index contributed by atoms with van der Waals surface area (Å²) in [6, 6.07) is -1.48. The molecule has 0 fully saturated rings. The first-order chi connectivity index (χ1) is 26.7. The Bertz CT molecular complexity index is 1060. The Morgan fingerprint density at radius 3 is 1.58 bits per heavy atom. The van der Waals surface area contributed by atoms with Crippen molar-refractivity contribution in [2.45, 2.75) is 193 Å². The molecule has 3 unspecified atom stereocenters. The van der Waals surface area contributed by atoms with E-state index in [-0.39, 0.29) is 13.0 Å². The Morgan fingerprint density at radius 2 is 1.05 bits per heavy atom. The second-order valence-corrected chi connectivity index (χ2v) is 15.9. The van der Waals surface area contributed by atoms with Crippen molar-refractivity contribution >= 4 is 19.8 Å². The van der Waals surface area contributed by atoms with Crippen molar-refractivity contribution in [1.29, 1.82) is 0 Å². The van der Waals surface area contributed by atoms with E-state index in [0.717, 1.165) is 70.6 Å². The fraction of sp³-hybridized carbons (Fsp3) is 0.773. The Balaban J connectivity index is 4.28. The van der Waals surface area contributed by atoms with Crippen LogP contribution in [0.5, 0.6) is 0 Å². The summed E-state index contributed by atoms with van der Waals surface area (Å²) in [6.07, 6.45) is 45.9. The van der Waals surface area contributed by atoms with Crippen molar-refractivity contribution in [3.05, 3.63) is 48.6 Å². The molecule has 4 N–H and O–H groups in total. The van der Waals surface area contributed by atoms with Crippen LogP contribution in [0.3, 0.4) is 0 Å². The van der Waals surface area contributed by atoms with Crippen molar-refractivity contribution in [2.75, 3.05) is 26.4 Å². The van der Waals surface area contributed by atoms with Gasteiger partial charge in [0.05, 0.1) is 19.8 Å². The van der Waals surface area contributed by atoms with Crippen LogP contribution in [-0.2, 0) is 32.7 Å². The Labute approximate surface area is 335 Å². The van der Waals surface area contributed by atoms with E-state index in [4.69, 9.17) is 29.4 Å². The summed E-state index contributed by atoms with van der Waals surface area (Å²) in [6.45, 7) is 3.75. The van der Waals surface area contributed by atoms with Gasteiger partial charge in [-0.3, -0.25) is 18.6 Å². The van der Waals surface area contributed by atoms with Gasteiger partial charge in [0.25, 0.3) is 0 Å². The van der Waals surface area contributed by atoms with Crippen LogP contribution >= 0.6 is 7.82 Å². The molecule has 0 radical (unpaired) electrons. The lowest BCUT2D eigenvalue weighted by Crippen LogP contribution is -2.34. The maximum absolute atomic E-state index is 12.6. The normalized spacial score (nSPS) is 14.4. The molecule has 0 bridgehead atoms. The van der Waals surface area contributed by atoms with E-state index in [2.05, 4.69) is 62.5 Å². The van der Waals surface area contributed by atoms with Crippen LogP contribution in [0.15, 0.2) is 48.6 Å². The summed E-state index contributed by atoms with van der Waals surface area (Å²) in [7, 11) is -4.62. The van der Waals surface area contributed by atoms with Gasteiger partial charge >= 0.3 is 19.8 Å². The second-order valence-electron chi connectivity index (χ2n) is 14.4. The molecule has 0 rings (SSSR count). The smallest absolute Gasteiger partial charge is 0.472 e. The van der Waals surface area contributed by atoms with E-state index in [1.165, 1.54) is 83.5 Å². The van der Waals surface area contributed by atoms with E-state index in [1.54, 1.807) is 0 Å². The molecule has 0 aliphatic heterocycles. The highest BCUT2D eigenvalue weighted by molar-refractivity contribution is 7.47. The molecule has 11 heteroatoms. The maximum atomic E-state index is 12.6. The third kappa shape index (κ3) is 39.9. The summed E-state index contributed by atoms with van der Waals surface area (Å²) in [5.74, 6) is -1.80. The van der Waals surface area contributed by atoms with Crippen molar-refractivity contribution < 1.29 is 42.7 Å². The molecule has 0 spiro atoms. The lowest BCUT2D eigenvalue weighted by Gasteiger charge is -2.20. The van der Waals surface area contributed by atoms with Crippen LogP contribution in [0.1, 0.15) is 181 Å². The number of carbonyl (C=O) groups is 2. The summed E-state index contributed by atoms with van der Waals surface area (Å²) < 4.78 is 33.3. The number of aliphatic carboxylic acids is 1. The zero-order valence-electron chi connectivity index (χ0n) is 34.8. The third-order valence-corrected chi connectivity index (χ3v) is 10.1. The van der Waals surface area contributed by atoms with E-state index >= 15 is 0 Å². The quantitative estimate of drug-likeness (QED) is 0.0236. The highest BCUT2D eigenvalue weighted by Gasteiger charge is 2.27. The topological polar surface area (TPSA) is 155 Å². The molecule has 0 aliphatic rings. The molecule has 0 aromatic rings. The zero-order valence-corrected chi connectivity index (χ0v) is 35.7. The van der Waals surface area contributed by atoms with Gasteiger partial charge in [0.1, 0.15) is 12.1 Å². The van der Waals surface area contributed by atoms with Gasteiger partial charge in [-0.05, 0) is 51.4 Å². The molecule has 10 nitrogen and oxygen atoms in total. The maximum Gasteiger partial charge on any atom is 0.472 e. The van der Waals surface area contributed by atoms with Gasteiger partial charge in [-0.15, -0.1) is 0 Å². The molecule has 0 saturated carbocycles. The van der Waals surface area contributed by atoms with E-state index in [0.29, 0.717) is 13.0 Å². The van der Waals surface area contributed by atoms with Crippen molar-refractivity contribution in [3.8, 4) is 0 Å². The van der Waals surface area contributed by atoms with Gasteiger partial charge in [-0.2, -0.15) is 0 Å². The molecule has 0 amide bonds. The van der Waals surface area contributed by atoms with Crippen molar-refractivity contribution in [2.24, 2.45) is 5.73 Å². The molecule has 3 atom stereocenters. The third-order valence-electron chi connectivity index (χ3n) is 9.12. The second kappa shape index (κ2) is 40.1. The number of carbonyl (C=O) groups excluding carboxylic acids is 1. The minimum absolute atomic E-state index is 0.00792. The summed E-state index contributed by atoms with van der Waals surface area (Å²) in [5, 5.41) is 8.89. The lowest BCUT2D eigenvalue weighted by atomic mass is 10.0. The minimum atomic E-state index is -4.62. The van der Waals surface area contributed by atoms with Crippen molar-refractivity contribution in [1.82, 2.24) is 0 Å². The minimum Gasteiger partial charge on any atom is -0.480 e. The molecule has 0 aliphatic carbocycles. The number of phosphoric acid groups is 1. The van der Waals surface area contributed by atoms with Crippen LogP contribution in [0.4, 0.5) is 0 Å². The molecule has 55 heavy (non-hydrogen) atoms. The number of ether oxygens (including phenoxy) is 2. The molecule has 320 valence electrons. The zero-order chi connectivity index (χ0) is 40.5. The summed E-state index contributed by atoms with van der Waals surface area (Å²) in [4.78, 5) is 33.5. The van der Waals surface area contributed by atoms with Gasteiger partial charge in [0.2, 0.25) is 0 Å². The van der Waals surface area contributed by atoms with Crippen LogP contribution in [0.25, 0.3) is 0 Å². The number of carboxylic acid groups (broad SMARTS) is 1. The first-order valence-corrected chi connectivity index (χ1v) is 23.2. The van der Waals surface area contributed by atoms with E-state index < -0.39 is 45.1 Å². The molecule has 0 heterocycles. The lowest BCUT2D eigenvalue weighted by molar-refractivity contribution is -0.154. The van der Waals surface area contributed by atoms with Gasteiger partial charge < -0.3 is 25.2 Å². The number of allylic oxidation sites excluding steroid dienone is 8. The first-order valence-electron chi connectivity index (χ1n) is 21.7. The number of hydrogen-bond donors (Lipinski definition) is 3. The van der Waals surface area contributed by atoms with Gasteiger partial charge in [0, 0.05) is 13.0 Å². The number of esters is 1. The summed E-state index contributed by atoms with van der Waals surface area (Å²) >= 11 is 0. The SMILES string of the molecule is CC/C=C\C/C=C\C/C=C\C/C=C\CCCCCCC(=O)OC(COCCCCCCCCCCCCCCCCCC)COP(=O)(O)OCC(N)C(=O)O. The average Bonchev–Trinajstić information content (AvgIpc) is 3.16. The van der Waals surface area contributed by atoms with Crippen LogP contribution in [-0.4, -0.2) is 60.5 Å². The Hall–Kier alpha value is -2.07. The molecule has 0 saturated heterocycles. The fourth-order valence-electron chi connectivity index (χ4n) is 5.77. The van der Waals surface area contributed by atoms with E-state index in [9.17, 15) is 19.0 Å². The van der Waals surface area contributed by atoms with Crippen LogP contribution in [0, 0.1) is 0 Å². The average molecular weight is 798 g/mol. The predicted octanol–water partition coefficient (Wildman–Crippen LogP) is 11.9. The first kappa shape index (κ1) is 52.9.